The van der Waals surface area contributed by atoms with Gasteiger partial charge in [0.2, 0.25) is 0 Å². The van der Waals surface area contributed by atoms with Gasteiger partial charge in [0.25, 0.3) is 5.56 Å². The maximum absolute atomic E-state index is 13.4. The third kappa shape index (κ3) is 3.28. The maximum Gasteiger partial charge on any atom is 0.317 e. The van der Waals surface area contributed by atoms with Crippen LogP contribution >= 0.6 is 0 Å². The van der Waals surface area contributed by atoms with Crippen LogP contribution in [0.2, 0.25) is 0 Å². The van der Waals surface area contributed by atoms with Crippen LogP contribution in [0.1, 0.15) is 31.9 Å². The molecule has 2 aliphatic rings. The number of hydrogen-bond acceptors (Lipinski definition) is 2. The molecule has 0 spiro atoms. The molecule has 0 radical (unpaired) electrons. The second-order valence-electron chi connectivity index (χ2n) is 8.96. The van der Waals surface area contributed by atoms with Gasteiger partial charge in [0.1, 0.15) is 0 Å². The summed E-state index contributed by atoms with van der Waals surface area (Å²) < 4.78 is 1.96. The van der Waals surface area contributed by atoms with E-state index >= 15 is 0 Å². The van der Waals surface area contributed by atoms with Gasteiger partial charge in [-0.15, -0.1) is 0 Å². The van der Waals surface area contributed by atoms with Crippen molar-refractivity contribution in [3.8, 4) is 11.1 Å². The molecule has 30 heavy (non-hydrogen) atoms. The fraction of sp³-hybridized carbons (Fsp3) is 0.360. The van der Waals surface area contributed by atoms with Crippen molar-refractivity contribution in [1.29, 1.82) is 0 Å². The molecule has 5 rings (SSSR count). The van der Waals surface area contributed by atoms with Crippen LogP contribution in [0.3, 0.4) is 0 Å². The fourth-order valence-electron chi connectivity index (χ4n) is 5.03. The number of carbonyl (C=O) groups is 1. The summed E-state index contributed by atoms with van der Waals surface area (Å²) in [5, 5.41) is 5.32. The first kappa shape index (κ1) is 18.9. The van der Waals surface area contributed by atoms with Crippen molar-refractivity contribution in [3.63, 3.8) is 0 Å². The van der Waals surface area contributed by atoms with Crippen LogP contribution in [0.4, 0.5) is 4.79 Å². The minimum Gasteiger partial charge on any atom is -0.336 e. The van der Waals surface area contributed by atoms with E-state index in [4.69, 9.17) is 0 Å². The van der Waals surface area contributed by atoms with E-state index < -0.39 is 0 Å². The Labute approximate surface area is 176 Å². The lowest BCUT2D eigenvalue weighted by molar-refractivity contribution is 0.130. The number of nitrogens with one attached hydrogen (secondary N) is 1. The van der Waals surface area contributed by atoms with Crippen molar-refractivity contribution in [2.45, 2.75) is 38.8 Å². The Bertz CT molecular complexity index is 1180. The number of fused-ring (bicyclic) bond motifs is 5. The van der Waals surface area contributed by atoms with E-state index in [0.29, 0.717) is 25.6 Å². The largest absolute Gasteiger partial charge is 0.336 e. The van der Waals surface area contributed by atoms with Crippen molar-refractivity contribution in [3.05, 3.63) is 70.6 Å². The van der Waals surface area contributed by atoms with E-state index in [9.17, 15) is 9.59 Å². The predicted molar refractivity (Wildman–Crippen MR) is 120 cm³/mol. The zero-order valence-electron chi connectivity index (χ0n) is 17.5. The summed E-state index contributed by atoms with van der Waals surface area (Å²) in [7, 11) is 0. The molecule has 2 bridgehead atoms. The molecular formula is C25H27N3O2. The zero-order chi connectivity index (χ0) is 20.8. The van der Waals surface area contributed by atoms with E-state index in [2.05, 4.69) is 35.6 Å². The highest BCUT2D eigenvalue weighted by molar-refractivity contribution is 5.87. The van der Waals surface area contributed by atoms with Crippen LogP contribution in [0.25, 0.3) is 21.9 Å². The van der Waals surface area contributed by atoms with Gasteiger partial charge in [-0.3, -0.25) is 4.79 Å². The predicted octanol–water partition coefficient (Wildman–Crippen LogP) is 4.21. The molecule has 1 saturated heterocycles. The molecule has 1 aromatic heterocycles. The monoisotopic (exact) mass is 401 g/mol. The van der Waals surface area contributed by atoms with Gasteiger partial charge in [0, 0.05) is 42.9 Å². The Morgan fingerprint density at radius 2 is 1.80 bits per heavy atom. The molecule has 1 N–H and O–H groups in total. The zero-order valence-corrected chi connectivity index (χ0v) is 17.5. The summed E-state index contributed by atoms with van der Waals surface area (Å²) in [5.74, 6) is 0.535. The number of hydrogen-bond donors (Lipinski definition) is 1. The van der Waals surface area contributed by atoms with Gasteiger partial charge in [0.05, 0.1) is 0 Å². The molecule has 5 nitrogen and oxygen atoms in total. The molecule has 2 atom stereocenters. The second-order valence-corrected chi connectivity index (χ2v) is 8.96. The highest BCUT2D eigenvalue weighted by Crippen LogP contribution is 2.36. The minimum atomic E-state index is 0.00304. The van der Waals surface area contributed by atoms with E-state index in [-0.39, 0.29) is 23.6 Å². The number of urea groups is 1. The summed E-state index contributed by atoms with van der Waals surface area (Å²) in [5.41, 5.74) is 2.85. The lowest BCUT2D eigenvalue weighted by atomic mass is 9.83. The molecule has 5 heteroatoms. The van der Waals surface area contributed by atoms with Crippen molar-refractivity contribution in [1.82, 2.24) is 14.8 Å². The molecule has 154 valence electrons. The highest BCUT2D eigenvalue weighted by Gasteiger charge is 2.36. The molecule has 0 aliphatic carbocycles. The third-order valence-corrected chi connectivity index (χ3v) is 6.36. The van der Waals surface area contributed by atoms with Gasteiger partial charge in [-0.1, -0.05) is 36.4 Å². The first-order chi connectivity index (χ1) is 14.5. The summed E-state index contributed by atoms with van der Waals surface area (Å²) in [6.45, 7) is 6.01. The fourth-order valence-corrected chi connectivity index (χ4v) is 5.03. The number of rotatable bonds is 2. The van der Waals surface area contributed by atoms with Crippen LogP contribution in [0.5, 0.6) is 0 Å². The van der Waals surface area contributed by atoms with E-state index in [0.717, 1.165) is 28.6 Å². The lowest BCUT2D eigenvalue weighted by Gasteiger charge is -2.43. The number of carbonyl (C=O) groups excluding carboxylic acids is 1. The quantitative estimate of drug-likeness (QED) is 0.700. The topological polar surface area (TPSA) is 54.3 Å². The van der Waals surface area contributed by atoms with Crippen molar-refractivity contribution in [2.24, 2.45) is 5.92 Å². The number of piperidine rings is 1. The number of aromatic nitrogens is 1. The highest BCUT2D eigenvalue weighted by atomic mass is 16.2. The van der Waals surface area contributed by atoms with Crippen molar-refractivity contribution >= 4 is 16.8 Å². The lowest BCUT2D eigenvalue weighted by Crippen LogP contribution is -2.52. The van der Waals surface area contributed by atoms with Crippen LogP contribution in [0, 0.1) is 5.92 Å². The van der Waals surface area contributed by atoms with Gasteiger partial charge in [-0.25, -0.2) is 4.79 Å². The average Bonchev–Trinajstić information content (AvgIpc) is 2.73. The molecule has 1 fully saturated rings. The maximum atomic E-state index is 13.4. The van der Waals surface area contributed by atoms with E-state index in [1.54, 1.807) is 0 Å². The summed E-state index contributed by atoms with van der Waals surface area (Å²) >= 11 is 0. The number of likely N-dealkylation sites (tertiary alicyclic amines) is 1. The SMILES string of the molecule is CC(C)NC(=O)N1C[C@H]2C[C@H](C1)c1ccc(-c3ccc4ccccc4c3)c(=O)n1C2. The molecule has 2 amide bonds. The molecule has 0 saturated carbocycles. The molecule has 3 aromatic rings. The van der Waals surface area contributed by atoms with Gasteiger partial charge < -0.3 is 14.8 Å². The molecule has 0 unspecified atom stereocenters. The second kappa shape index (κ2) is 7.31. The normalized spacial score (nSPS) is 20.3. The number of nitrogens with zero attached hydrogens (tertiary/aromatic N) is 2. The Balaban J connectivity index is 1.49. The minimum absolute atomic E-state index is 0.00304. The molecule has 2 aromatic carbocycles. The van der Waals surface area contributed by atoms with Crippen LogP contribution in [0.15, 0.2) is 59.4 Å². The van der Waals surface area contributed by atoms with Crippen LogP contribution in [-0.4, -0.2) is 34.6 Å². The first-order valence-corrected chi connectivity index (χ1v) is 10.8. The Hall–Kier alpha value is -3.08. The summed E-state index contributed by atoms with van der Waals surface area (Å²) in [6, 6.07) is 18.6. The number of pyridine rings is 1. The summed E-state index contributed by atoms with van der Waals surface area (Å²) in [6.07, 6.45) is 1.04. The molecule has 2 aliphatic heterocycles. The molecule has 3 heterocycles. The van der Waals surface area contributed by atoms with Crippen LogP contribution in [-0.2, 0) is 6.54 Å². The Morgan fingerprint density at radius 1 is 1.00 bits per heavy atom. The third-order valence-electron chi connectivity index (χ3n) is 6.36. The van der Waals surface area contributed by atoms with E-state index in [1.165, 1.54) is 5.39 Å². The van der Waals surface area contributed by atoms with E-state index in [1.807, 2.05) is 47.6 Å². The van der Waals surface area contributed by atoms with Crippen LogP contribution < -0.4 is 10.9 Å². The van der Waals surface area contributed by atoms with Gasteiger partial charge in [0.15, 0.2) is 0 Å². The Kier molecular flexibility index (Phi) is 4.61. The number of benzene rings is 2. The first-order valence-electron chi connectivity index (χ1n) is 10.8. The van der Waals surface area contributed by atoms with Crippen molar-refractivity contribution in [2.75, 3.05) is 13.1 Å². The average molecular weight is 402 g/mol. The van der Waals surface area contributed by atoms with Gasteiger partial charge in [-0.05, 0) is 60.7 Å². The van der Waals surface area contributed by atoms with Gasteiger partial charge >= 0.3 is 6.03 Å². The smallest absolute Gasteiger partial charge is 0.317 e. The standard InChI is InChI=1S/C25H27N3O2/c1-16(2)26-25(30)27-13-17-11-21(15-27)23-10-9-22(24(29)28(23)14-17)20-8-7-18-5-3-4-6-19(18)12-20/h3-10,12,16-17,21H,11,13-15H2,1-2H3,(H,26,30)/t17-,21-/m1/s1. The van der Waals surface area contributed by atoms with Gasteiger partial charge in [-0.2, -0.15) is 0 Å². The summed E-state index contributed by atoms with van der Waals surface area (Å²) in [4.78, 5) is 27.8. The van der Waals surface area contributed by atoms with Crippen molar-refractivity contribution < 1.29 is 4.79 Å². The molecular weight excluding hydrogens is 374 g/mol. The number of amides is 2. The Morgan fingerprint density at radius 3 is 2.60 bits per heavy atom.